The fourth-order valence-electron chi connectivity index (χ4n) is 2.22. The van der Waals surface area contributed by atoms with E-state index in [1.807, 2.05) is 12.1 Å². The van der Waals surface area contributed by atoms with Crippen molar-refractivity contribution in [1.82, 2.24) is 4.90 Å². The van der Waals surface area contributed by atoms with Crippen LogP contribution in [-0.2, 0) is 22.6 Å². The predicted molar refractivity (Wildman–Crippen MR) is 67.8 cm³/mol. The summed E-state index contributed by atoms with van der Waals surface area (Å²) in [4.78, 5) is 13.6. The van der Waals surface area contributed by atoms with Gasteiger partial charge in [-0.2, -0.15) is 0 Å². The zero-order valence-electron chi connectivity index (χ0n) is 11.0. The largest absolute Gasteiger partial charge is 0.467 e. The number of aliphatic hydroxyl groups is 1. The molecule has 0 radical (unpaired) electrons. The van der Waals surface area contributed by atoms with Crippen LogP contribution in [0.3, 0.4) is 0 Å². The van der Waals surface area contributed by atoms with Gasteiger partial charge in [-0.15, -0.1) is 0 Å². The Bertz CT molecular complexity index is 456. The minimum absolute atomic E-state index is 0.492. The minimum Gasteiger partial charge on any atom is -0.467 e. The van der Waals surface area contributed by atoms with Gasteiger partial charge in [0.1, 0.15) is 0 Å². The third kappa shape index (κ3) is 2.40. The van der Waals surface area contributed by atoms with Crippen LogP contribution < -0.4 is 0 Å². The highest BCUT2D eigenvalue weighted by molar-refractivity contribution is 5.76. The SMILES string of the molecule is COC(=O)C(O)c1ccc2c(c1)CN(C(C)C)C2. The van der Waals surface area contributed by atoms with Crippen LogP contribution >= 0.6 is 0 Å². The van der Waals surface area contributed by atoms with Gasteiger partial charge in [-0.1, -0.05) is 18.2 Å². The molecule has 1 aliphatic heterocycles. The first kappa shape index (κ1) is 13.1. The molecule has 0 aromatic heterocycles. The highest BCUT2D eigenvalue weighted by Crippen LogP contribution is 2.27. The van der Waals surface area contributed by atoms with Crippen LogP contribution in [0.15, 0.2) is 18.2 Å². The maximum atomic E-state index is 11.3. The summed E-state index contributed by atoms with van der Waals surface area (Å²) in [5, 5.41) is 9.81. The van der Waals surface area contributed by atoms with Gasteiger partial charge in [-0.25, -0.2) is 4.79 Å². The van der Waals surface area contributed by atoms with Crippen LogP contribution in [0.1, 0.15) is 36.6 Å². The Morgan fingerprint density at radius 2 is 2.00 bits per heavy atom. The lowest BCUT2D eigenvalue weighted by Gasteiger charge is -2.18. The number of esters is 1. The summed E-state index contributed by atoms with van der Waals surface area (Å²) in [5.41, 5.74) is 3.06. The molecule has 0 saturated heterocycles. The maximum absolute atomic E-state index is 11.3. The number of hydrogen-bond donors (Lipinski definition) is 1. The van der Waals surface area contributed by atoms with Crippen LogP contribution in [0.25, 0.3) is 0 Å². The van der Waals surface area contributed by atoms with Crippen molar-refractivity contribution in [2.24, 2.45) is 0 Å². The van der Waals surface area contributed by atoms with E-state index in [9.17, 15) is 9.90 Å². The molecule has 4 heteroatoms. The molecule has 0 aliphatic carbocycles. The van der Waals surface area contributed by atoms with Crippen LogP contribution in [-0.4, -0.2) is 29.1 Å². The lowest BCUT2D eigenvalue weighted by molar-refractivity contribution is -0.150. The maximum Gasteiger partial charge on any atom is 0.339 e. The summed E-state index contributed by atoms with van der Waals surface area (Å²) < 4.78 is 4.55. The first-order valence-electron chi connectivity index (χ1n) is 6.14. The van der Waals surface area contributed by atoms with Crippen molar-refractivity contribution in [1.29, 1.82) is 0 Å². The molecule has 0 amide bonds. The van der Waals surface area contributed by atoms with Gasteiger partial charge in [0.05, 0.1) is 7.11 Å². The number of nitrogens with zero attached hydrogens (tertiary/aromatic N) is 1. The number of methoxy groups -OCH3 is 1. The number of ether oxygens (including phenoxy) is 1. The zero-order valence-corrected chi connectivity index (χ0v) is 11.0. The number of hydrogen-bond acceptors (Lipinski definition) is 4. The molecule has 1 aromatic rings. The number of rotatable bonds is 3. The van der Waals surface area contributed by atoms with Gasteiger partial charge in [0, 0.05) is 19.1 Å². The van der Waals surface area contributed by atoms with Crippen molar-refractivity contribution in [2.45, 2.75) is 39.1 Å². The first-order chi connectivity index (χ1) is 8.52. The molecule has 1 aliphatic rings. The molecule has 0 saturated carbocycles. The molecule has 0 fully saturated rings. The summed E-state index contributed by atoms with van der Waals surface area (Å²) in [6.07, 6.45) is -1.19. The molecule has 1 N–H and O–H groups in total. The third-order valence-corrected chi connectivity index (χ3v) is 3.45. The van der Waals surface area contributed by atoms with Crippen LogP contribution in [0.5, 0.6) is 0 Å². The lowest BCUT2D eigenvalue weighted by Crippen LogP contribution is -2.24. The van der Waals surface area contributed by atoms with E-state index in [-0.39, 0.29) is 0 Å². The number of fused-ring (bicyclic) bond motifs is 1. The van der Waals surface area contributed by atoms with E-state index in [0.29, 0.717) is 11.6 Å². The van der Waals surface area contributed by atoms with E-state index in [2.05, 4.69) is 23.5 Å². The Labute approximate surface area is 107 Å². The van der Waals surface area contributed by atoms with Gasteiger partial charge in [0.2, 0.25) is 0 Å². The summed E-state index contributed by atoms with van der Waals surface area (Å²) >= 11 is 0. The second-order valence-electron chi connectivity index (χ2n) is 4.95. The fourth-order valence-corrected chi connectivity index (χ4v) is 2.22. The molecule has 98 valence electrons. The van der Waals surface area contributed by atoms with Crippen molar-refractivity contribution in [3.05, 3.63) is 34.9 Å². The van der Waals surface area contributed by atoms with Crippen molar-refractivity contribution in [2.75, 3.05) is 7.11 Å². The average molecular weight is 249 g/mol. The second kappa shape index (κ2) is 5.08. The lowest BCUT2D eigenvalue weighted by atomic mass is 10.0. The topological polar surface area (TPSA) is 49.8 Å². The number of carbonyl (C=O) groups excluding carboxylic acids is 1. The Hall–Kier alpha value is -1.39. The Balaban J connectivity index is 2.20. The van der Waals surface area contributed by atoms with E-state index < -0.39 is 12.1 Å². The van der Waals surface area contributed by atoms with E-state index in [0.717, 1.165) is 13.1 Å². The summed E-state index contributed by atoms with van der Waals surface area (Å²) in [7, 11) is 1.28. The second-order valence-corrected chi connectivity index (χ2v) is 4.95. The zero-order chi connectivity index (χ0) is 13.3. The van der Waals surface area contributed by atoms with Crippen LogP contribution in [0.4, 0.5) is 0 Å². The highest BCUT2D eigenvalue weighted by atomic mass is 16.5. The minimum atomic E-state index is -1.19. The smallest absolute Gasteiger partial charge is 0.339 e. The number of aliphatic hydroxyl groups excluding tert-OH is 1. The fraction of sp³-hybridized carbons (Fsp3) is 0.500. The van der Waals surface area contributed by atoms with Crippen molar-refractivity contribution < 1.29 is 14.6 Å². The Morgan fingerprint density at radius 3 is 2.61 bits per heavy atom. The molecule has 2 rings (SSSR count). The summed E-state index contributed by atoms with van der Waals surface area (Å²) in [6.45, 7) is 6.13. The van der Waals surface area contributed by atoms with Crippen molar-refractivity contribution >= 4 is 5.97 Å². The molecule has 4 nitrogen and oxygen atoms in total. The van der Waals surface area contributed by atoms with Crippen molar-refractivity contribution in [3.63, 3.8) is 0 Å². The van der Waals surface area contributed by atoms with Crippen molar-refractivity contribution in [3.8, 4) is 0 Å². The predicted octanol–water partition coefficient (Wildman–Crippen LogP) is 1.62. The molecule has 0 spiro atoms. The summed E-state index contributed by atoms with van der Waals surface area (Å²) in [6, 6.07) is 6.18. The van der Waals surface area contributed by atoms with E-state index in [4.69, 9.17) is 0 Å². The van der Waals surface area contributed by atoms with Crippen LogP contribution in [0, 0.1) is 0 Å². The van der Waals surface area contributed by atoms with Gasteiger partial charge in [-0.05, 0) is 30.5 Å². The molecule has 1 atom stereocenters. The van der Waals surface area contributed by atoms with Gasteiger partial charge in [-0.3, -0.25) is 4.90 Å². The molecule has 1 heterocycles. The van der Waals surface area contributed by atoms with Crippen LogP contribution in [0.2, 0.25) is 0 Å². The standard InChI is InChI=1S/C14H19NO3/c1-9(2)15-7-11-5-4-10(6-12(11)8-15)13(16)14(17)18-3/h4-6,9,13,16H,7-8H2,1-3H3. The van der Waals surface area contributed by atoms with Gasteiger partial charge >= 0.3 is 5.97 Å². The molecular formula is C14H19NO3. The Kier molecular flexibility index (Phi) is 3.68. The summed E-state index contributed by atoms with van der Waals surface area (Å²) in [5.74, 6) is -0.617. The van der Waals surface area contributed by atoms with Gasteiger partial charge in [0.25, 0.3) is 0 Å². The molecule has 0 bridgehead atoms. The quantitative estimate of drug-likeness (QED) is 0.827. The average Bonchev–Trinajstić information content (AvgIpc) is 2.79. The van der Waals surface area contributed by atoms with Gasteiger partial charge < -0.3 is 9.84 Å². The highest BCUT2D eigenvalue weighted by Gasteiger charge is 2.24. The monoisotopic (exact) mass is 249 g/mol. The number of carbonyl (C=O) groups is 1. The molecular weight excluding hydrogens is 230 g/mol. The Morgan fingerprint density at radius 1 is 1.33 bits per heavy atom. The normalized spacial score (nSPS) is 16.7. The van der Waals surface area contributed by atoms with E-state index >= 15 is 0 Å². The van der Waals surface area contributed by atoms with Gasteiger partial charge in [0.15, 0.2) is 6.10 Å². The third-order valence-electron chi connectivity index (χ3n) is 3.45. The molecule has 1 unspecified atom stereocenters. The molecule has 1 aromatic carbocycles. The number of benzene rings is 1. The molecule has 18 heavy (non-hydrogen) atoms. The van der Waals surface area contributed by atoms with E-state index in [1.54, 1.807) is 6.07 Å². The first-order valence-corrected chi connectivity index (χ1v) is 6.14. The van der Waals surface area contributed by atoms with E-state index in [1.165, 1.54) is 18.2 Å².